The maximum absolute atomic E-state index is 12.4. The highest BCUT2D eigenvalue weighted by atomic mass is 35.5. The van der Waals surface area contributed by atoms with Crippen molar-refractivity contribution in [2.75, 3.05) is 0 Å². The summed E-state index contributed by atoms with van der Waals surface area (Å²) in [6, 6.07) is 12.8. The molecule has 7 heteroatoms. The molecule has 28 heavy (non-hydrogen) atoms. The van der Waals surface area contributed by atoms with Gasteiger partial charge >= 0.3 is 17.2 Å². The van der Waals surface area contributed by atoms with Gasteiger partial charge < -0.3 is 13.6 Å². The van der Waals surface area contributed by atoms with Crippen LogP contribution in [0.2, 0.25) is 5.02 Å². The van der Waals surface area contributed by atoms with Gasteiger partial charge in [-0.05, 0) is 36.8 Å². The van der Waals surface area contributed by atoms with E-state index in [0.717, 1.165) is 5.56 Å². The summed E-state index contributed by atoms with van der Waals surface area (Å²) >= 11 is 6.15. The minimum atomic E-state index is -0.848. The van der Waals surface area contributed by atoms with Gasteiger partial charge in [0, 0.05) is 27.4 Å². The van der Waals surface area contributed by atoms with Gasteiger partial charge in [-0.25, -0.2) is 14.4 Å². The molecule has 140 valence electrons. The van der Waals surface area contributed by atoms with Gasteiger partial charge in [0.25, 0.3) is 0 Å². The molecule has 0 bridgehead atoms. The quantitative estimate of drug-likeness (QED) is 0.380. The molecule has 2 aromatic carbocycles. The molecule has 0 unspecified atom stereocenters. The zero-order chi connectivity index (χ0) is 19.8. The van der Waals surface area contributed by atoms with Crippen LogP contribution in [0, 0.1) is 6.92 Å². The number of hydrogen-bond donors (Lipinski definition) is 0. The molecule has 0 aliphatic rings. The molecule has 0 fully saturated rings. The van der Waals surface area contributed by atoms with E-state index in [9.17, 15) is 14.4 Å². The van der Waals surface area contributed by atoms with Crippen molar-refractivity contribution >= 4 is 39.5 Å². The highest BCUT2D eigenvalue weighted by Gasteiger charge is 2.17. The number of esters is 1. The molecular formula is C21H13ClO6. The Kier molecular flexibility index (Phi) is 4.49. The van der Waals surface area contributed by atoms with E-state index in [2.05, 4.69) is 0 Å². The standard InChI is InChI=1S/C21H13ClO6/c1-11-6-18-14(9-16(11)22)13(8-19(23)27-18)10-26-20(24)15-7-12-4-2-3-5-17(12)28-21(15)25/h2-9H,10H2,1H3. The third kappa shape index (κ3) is 3.30. The first-order valence-corrected chi connectivity index (χ1v) is 8.73. The van der Waals surface area contributed by atoms with E-state index in [-0.39, 0.29) is 12.2 Å². The summed E-state index contributed by atoms with van der Waals surface area (Å²) < 4.78 is 15.6. The second-order valence-corrected chi connectivity index (χ2v) is 6.66. The largest absolute Gasteiger partial charge is 0.457 e. The van der Waals surface area contributed by atoms with Crippen LogP contribution in [0.3, 0.4) is 0 Å². The van der Waals surface area contributed by atoms with Crippen LogP contribution >= 0.6 is 11.6 Å². The topological polar surface area (TPSA) is 86.7 Å². The number of para-hydroxylation sites is 1. The Hall–Kier alpha value is -3.38. The minimum absolute atomic E-state index is 0.222. The number of fused-ring (bicyclic) bond motifs is 2. The first-order valence-electron chi connectivity index (χ1n) is 8.35. The maximum Gasteiger partial charge on any atom is 0.351 e. The van der Waals surface area contributed by atoms with Crippen molar-refractivity contribution in [3.63, 3.8) is 0 Å². The summed E-state index contributed by atoms with van der Waals surface area (Å²) in [4.78, 5) is 36.3. The van der Waals surface area contributed by atoms with Crippen LogP contribution in [0.1, 0.15) is 21.5 Å². The lowest BCUT2D eigenvalue weighted by molar-refractivity contribution is 0.0469. The average Bonchev–Trinajstić information content (AvgIpc) is 2.66. The Labute approximate surface area is 162 Å². The highest BCUT2D eigenvalue weighted by molar-refractivity contribution is 6.32. The number of carbonyl (C=O) groups is 1. The second-order valence-electron chi connectivity index (χ2n) is 6.25. The van der Waals surface area contributed by atoms with Gasteiger partial charge in [0.15, 0.2) is 0 Å². The van der Waals surface area contributed by atoms with Gasteiger partial charge in [-0.2, -0.15) is 0 Å². The summed E-state index contributed by atoms with van der Waals surface area (Å²) in [6.07, 6.45) is 0. The summed E-state index contributed by atoms with van der Waals surface area (Å²) in [5.74, 6) is -0.848. The van der Waals surface area contributed by atoms with Gasteiger partial charge in [-0.15, -0.1) is 0 Å². The van der Waals surface area contributed by atoms with E-state index >= 15 is 0 Å². The lowest BCUT2D eigenvalue weighted by atomic mass is 10.1. The van der Waals surface area contributed by atoms with Gasteiger partial charge in [0.05, 0.1) is 0 Å². The smallest absolute Gasteiger partial charge is 0.351 e. The molecule has 0 aliphatic carbocycles. The molecule has 4 aromatic rings. The van der Waals surface area contributed by atoms with E-state index < -0.39 is 17.2 Å². The monoisotopic (exact) mass is 396 g/mol. The Morgan fingerprint density at radius 2 is 1.82 bits per heavy atom. The highest BCUT2D eigenvalue weighted by Crippen LogP contribution is 2.25. The van der Waals surface area contributed by atoms with Crippen molar-refractivity contribution in [1.82, 2.24) is 0 Å². The zero-order valence-corrected chi connectivity index (χ0v) is 15.4. The maximum atomic E-state index is 12.4. The summed E-state index contributed by atoms with van der Waals surface area (Å²) in [6.45, 7) is 1.56. The zero-order valence-electron chi connectivity index (χ0n) is 14.7. The molecule has 0 radical (unpaired) electrons. The fourth-order valence-corrected chi connectivity index (χ4v) is 3.06. The molecule has 2 heterocycles. The number of aryl methyl sites for hydroxylation is 1. The van der Waals surface area contributed by atoms with Crippen molar-refractivity contribution in [2.45, 2.75) is 13.5 Å². The number of hydrogen-bond acceptors (Lipinski definition) is 6. The summed E-state index contributed by atoms with van der Waals surface area (Å²) in [5, 5.41) is 1.64. The van der Waals surface area contributed by atoms with Crippen LogP contribution < -0.4 is 11.3 Å². The lowest BCUT2D eigenvalue weighted by Gasteiger charge is -2.08. The van der Waals surface area contributed by atoms with E-state index in [1.54, 1.807) is 43.3 Å². The van der Waals surface area contributed by atoms with Crippen LogP contribution in [-0.4, -0.2) is 5.97 Å². The molecular weight excluding hydrogens is 384 g/mol. The van der Waals surface area contributed by atoms with Crippen LogP contribution in [0.15, 0.2) is 67.0 Å². The molecule has 2 aromatic heterocycles. The van der Waals surface area contributed by atoms with Crippen molar-refractivity contribution in [3.05, 3.63) is 91.1 Å². The normalized spacial score (nSPS) is 11.1. The Morgan fingerprint density at radius 1 is 1.04 bits per heavy atom. The van der Waals surface area contributed by atoms with Crippen molar-refractivity contribution in [3.8, 4) is 0 Å². The fourth-order valence-electron chi connectivity index (χ4n) is 2.89. The number of rotatable bonds is 3. The second kappa shape index (κ2) is 6.98. The van der Waals surface area contributed by atoms with Gasteiger partial charge in [0.2, 0.25) is 0 Å². The van der Waals surface area contributed by atoms with Crippen molar-refractivity contribution in [1.29, 1.82) is 0 Å². The number of halogens is 1. The summed E-state index contributed by atoms with van der Waals surface area (Å²) in [5.41, 5.74) is 0.295. The lowest BCUT2D eigenvalue weighted by Crippen LogP contribution is -2.16. The molecule has 0 aliphatic heterocycles. The fraction of sp³-hybridized carbons (Fsp3) is 0.0952. The van der Waals surface area contributed by atoms with Gasteiger partial charge in [0.1, 0.15) is 23.3 Å². The Bertz CT molecular complexity index is 1350. The van der Waals surface area contributed by atoms with Crippen molar-refractivity contribution in [2.24, 2.45) is 0 Å². The molecule has 0 spiro atoms. The first kappa shape index (κ1) is 18.0. The molecule has 6 nitrogen and oxygen atoms in total. The first-order chi connectivity index (χ1) is 13.4. The van der Waals surface area contributed by atoms with Crippen LogP contribution in [-0.2, 0) is 11.3 Å². The predicted octanol–water partition coefficient (Wildman–Crippen LogP) is 4.22. The number of ether oxygens (including phenoxy) is 1. The molecule has 0 saturated carbocycles. The SMILES string of the molecule is Cc1cc2oc(=O)cc(COC(=O)c3cc4ccccc4oc3=O)c2cc1Cl. The van der Waals surface area contributed by atoms with E-state index in [1.165, 1.54) is 12.1 Å². The predicted molar refractivity (Wildman–Crippen MR) is 104 cm³/mol. The van der Waals surface area contributed by atoms with E-state index in [1.807, 2.05) is 0 Å². The van der Waals surface area contributed by atoms with Crippen molar-refractivity contribution < 1.29 is 18.4 Å². The molecule has 4 rings (SSSR count). The van der Waals surface area contributed by atoms with E-state index in [4.69, 9.17) is 25.2 Å². The molecule has 0 saturated heterocycles. The number of benzene rings is 2. The van der Waals surface area contributed by atoms with Gasteiger partial charge in [-0.3, -0.25) is 0 Å². The summed E-state index contributed by atoms with van der Waals surface area (Å²) in [7, 11) is 0. The molecule has 0 amide bonds. The van der Waals surface area contributed by atoms with Crippen LogP contribution in [0.25, 0.3) is 21.9 Å². The number of carbonyl (C=O) groups excluding carboxylic acids is 1. The third-order valence-electron chi connectivity index (χ3n) is 4.33. The van der Waals surface area contributed by atoms with E-state index in [0.29, 0.717) is 32.5 Å². The van der Waals surface area contributed by atoms with Crippen LogP contribution in [0.5, 0.6) is 0 Å². The molecule has 0 atom stereocenters. The Balaban J connectivity index is 1.67. The van der Waals surface area contributed by atoms with Gasteiger partial charge in [-0.1, -0.05) is 29.8 Å². The van der Waals surface area contributed by atoms with Crippen LogP contribution in [0.4, 0.5) is 0 Å². The molecule has 0 N–H and O–H groups in total. The minimum Gasteiger partial charge on any atom is -0.457 e. The third-order valence-corrected chi connectivity index (χ3v) is 4.74. The average molecular weight is 397 g/mol. The Morgan fingerprint density at radius 3 is 2.64 bits per heavy atom.